The van der Waals surface area contributed by atoms with Crippen molar-refractivity contribution in [3.63, 3.8) is 0 Å². The number of morpholine rings is 1. The van der Waals surface area contributed by atoms with Crippen LogP contribution in [0.3, 0.4) is 0 Å². The Balaban J connectivity index is 0.000000282. The zero-order valence-electron chi connectivity index (χ0n) is 16.1. The van der Waals surface area contributed by atoms with Crippen LogP contribution in [-0.4, -0.2) is 60.5 Å². The molecule has 3 saturated heterocycles. The fourth-order valence-electron chi connectivity index (χ4n) is 3.27. The van der Waals surface area contributed by atoms with Crippen molar-refractivity contribution in [2.45, 2.75) is 78.0 Å². The van der Waals surface area contributed by atoms with Crippen molar-refractivity contribution in [2.75, 3.05) is 32.8 Å². The molecule has 5 heteroatoms. The Labute approximate surface area is 147 Å². The molecule has 0 N–H and O–H groups in total. The summed E-state index contributed by atoms with van der Waals surface area (Å²) in [6.45, 7) is 13.1. The first-order valence-electron chi connectivity index (χ1n) is 9.72. The van der Waals surface area contributed by atoms with Gasteiger partial charge in [-0.05, 0) is 39.5 Å². The van der Waals surface area contributed by atoms with Gasteiger partial charge in [-0.3, -0.25) is 4.90 Å². The molecule has 0 radical (unpaired) electrons. The average molecular weight is 341 g/mol. The molecule has 0 spiro atoms. The van der Waals surface area contributed by atoms with Gasteiger partial charge in [0.1, 0.15) is 11.8 Å². The molecule has 0 aromatic carbocycles. The molecule has 2 unspecified atom stereocenters. The van der Waals surface area contributed by atoms with Gasteiger partial charge in [0.2, 0.25) is 0 Å². The van der Waals surface area contributed by atoms with Crippen LogP contribution in [0.1, 0.15) is 66.2 Å². The lowest BCUT2D eigenvalue weighted by atomic mass is 9.91. The minimum Gasteiger partial charge on any atom is -0.444 e. The number of carbonyl (C=O) groups excluding carboxylic acids is 1. The summed E-state index contributed by atoms with van der Waals surface area (Å²) in [5.41, 5.74) is -0.380. The fourth-order valence-corrected chi connectivity index (χ4v) is 3.27. The van der Waals surface area contributed by atoms with E-state index in [1.165, 1.54) is 38.8 Å². The van der Waals surface area contributed by atoms with Crippen molar-refractivity contribution >= 4 is 6.09 Å². The van der Waals surface area contributed by atoms with Crippen molar-refractivity contribution in [1.29, 1.82) is 0 Å². The van der Waals surface area contributed by atoms with Gasteiger partial charge in [0.15, 0.2) is 0 Å². The lowest BCUT2D eigenvalue weighted by molar-refractivity contribution is 0.0180. The predicted molar refractivity (Wildman–Crippen MR) is 96.0 cm³/mol. The number of piperidine rings is 1. The highest BCUT2D eigenvalue weighted by molar-refractivity contribution is 5.68. The van der Waals surface area contributed by atoms with E-state index in [1.807, 2.05) is 25.7 Å². The number of rotatable bonds is 4. The fraction of sp³-hybridized carbons (Fsp3) is 0.947. The monoisotopic (exact) mass is 340 g/mol. The second kappa shape index (κ2) is 9.04. The summed E-state index contributed by atoms with van der Waals surface area (Å²) in [7, 11) is 0. The summed E-state index contributed by atoms with van der Waals surface area (Å²) in [5, 5.41) is 0. The summed E-state index contributed by atoms with van der Waals surface area (Å²) in [6.07, 6.45) is 7.98. The number of unbranched alkanes of at least 4 members (excludes halogenated alkanes) is 2. The number of fused-ring (bicyclic) bond motifs is 1. The first kappa shape index (κ1) is 19.5. The van der Waals surface area contributed by atoms with Crippen LogP contribution >= 0.6 is 0 Å². The predicted octanol–water partition coefficient (Wildman–Crippen LogP) is 3.87. The molecule has 0 aromatic heterocycles. The van der Waals surface area contributed by atoms with Gasteiger partial charge in [-0.15, -0.1) is 0 Å². The molecule has 0 aromatic rings. The smallest absolute Gasteiger partial charge is 0.410 e. The molecule has 0 saturated carbocycles. The molecule has 1 amide bonds. The minimum atomic E-state index is -0.380. The molecule has 2 atom stereocenters. The molecule has 3 aliphatic rings. The molecule has 3 rings (SSSR count). The highest BCUT2D eigenvalue weighted by Gasteiger charge is 2.39. The molecule has 3 fully saturated rings. The maximum Gasteiger partial charge on any atom is 0.410 e. The summed E-state index contributed by atoms with van der Waals surface area (Å²) >= 11 is 0. The van der Waals surface area contributed by atoms with Gasteiger partial charge < -0.3 is 14.4 Å². The van der Waals surface area contributed by atoms with Crippen molar-refractivity contribution in [3.05, 3.63) is 0 Å². The van der Waals surface area contributed by atoms with Crippen molar-refractivity contribution in [1.82, 2.24) is 9.80 Å². The topological polar surface area (TPSA) is 41.8 Å². The second-order valence-electron chi connectivity index (χ2n) is 8.23. The summed E-state index contributed by atoms with van der Waals surface area (Å²) < 4.78 is 10.6. The maximum absolute atomic E-state index is 11.9. The van der Waals surface area contributed by atoms with Crippen molar-refractivity contribution in [3.8, 4) is 0 Å². The van der Waals surface area contributed by atoms with Crippen LogP contribution in [-0.2, 0) is 9.47 Å². The second-order valence-corrected chi connectivity index (χ2v) is 8.23. The highest BCUT2D eigenvalue weighted by Crippen LogP contribution is 2.24. The Kier molecular flexibility index (Phi) is 7.35. The first-order chi connectivity index (χ1) is 11.4. The van der Waals surface area contributed by atoms with Crippen molar-refractivity contribution < 1.29 is 14.3 Å². The standard InChI is InChI=1S/C15H29NO2.C4H7NO/c1-5-6-7-8-13-9-11-16(12-10-13)14(17)18-15(2,3)4;1-2-6-4-3-5(1)4/h13H,5-12H2,1-4H3;4H,1-3H2. The number of hydrogen-bond donors (Lipinski definition) is 0. The van der Waals surface area contributed by atoms with Crippen LogP contribution in [0.15, 0.2) is 0 Å². The van der Waals surface area contributed by atoms with E-state index in [2.05, 4.69) is 11.8 Å². The lowest BCUT2D eigenvalue weighted by Crippen LogP contribution is -2.41. The zero-order valence-corrected chi connectivity index (χ0v) is 16.1. The maximum atomic E-state index is 11.9. The Morgan fingerprint density at radius 2 is 1.88 bits per heavy atom. The number of carbonyl (C=O) groups is 1. The lowest BCUT2D eigenvalue weighted by Gasteiger charge is -2.33. The van der Waals surface area contributed by atoms with E-state index < -0.39 is 0 Å². The molecule has 3 heterocycles. The summed E-state index contributed by atoms with van der Waals surface area (Å²) in [5.74, 6) is 0.815. The third-order valence-corrected chi connectivity index (χ3v) is 4.84. The number of amides is 1. The number of nitrogens with zero attached hydrogens (tertiary/aromatic N) is 2. The number of likely N-dealkylation sites (tertiary alicyclic amines) is 1. The largest absolute Gasteiger partial charge is 0.444 e. The van der Waals surface area contributed by atoms with Crippen LogP contribution < -0.4 is 0 Å². The molecular weight excluding hydrogens is 304 g/mol. The minimum absolute atomic E-state index is 0.144. The molecule has 140 valence electrons. The van der Waals surface area contributed by atoms with Crippen LogP contribution in [0, 0.1) is 5.92 Å². The molecule has 24 heavy (non-hydrogen) atoms. The third kappa shape index (κ3) is 6.98. The highest BCUT2D eigenvalue weighted by atomic mass is 16.6. The van der Waals surface area contributed by atoms with Crippen LogP contribution in [0.2, 0.25) is 0 Å². The Hall–Kier alpha value is -0.810. The molecule has 0 aliphatic carbocycles. The first-order valence-corrected chi connectivity index (χ1v) is 9.72. The Morgan fingerprint density at radius 1 is 1.17 bits per heavy atom. The SMILES string of the molecule is C1CN2CC2O1.CCCCCC1CCN(C(=O)OC(C)(C)C)CC1. The van der Waals surface area contributed by atoms with E-state index in [-0.39, 0.29) is 11.7 Å². The van der Waals surface area contributed by atoms with Crippen LogP contribution in [0.25, 0.3) is 0 Å². The quantitative estimate of drug-likeness (QED) is 0.575. The van der Waals surface area contributed by atoms with Gasteiger partial charge in [-0.1, -0.05) is 32.6 Å². The van der Waals surface area contributed by atoms with Gasteiger partial charge in [0, 0.05) is 26.2 Å². The van der Waals surface area contributed by atoms with Crippen LogP contribution in [0.5, 0.6) is 0 Å². The molecule has 0 bridgehead atoms. The summed E-state index contributed by atoms with van der Waals surface area (Å²) in [4.78, 5) is 16.1. The third-order valence-electron chi connectivity index (χ3n) is 4.84. The van der Waals surface area contributed by atoms with E-state index in [4.69, 9.17) is 9.47 Å². The molecular formula is C19H36N2O3. The average Bonchev–Trinajstić information content (AvgIpc) is 3.13. The van der Waals surface area contributed by atoms with E-state index in [1.54, 1.807) is 0 Å². The normalized spacial score (nSPS) is 26.4. The van der Waals surface area contributed by atoms with Gasteiger partial charge in [-0.25, -0.2) is 4.79 Å². The van der Waals surface area contributed by atoms with Gasteiger partial charge >= 0.3 is 6.09 Å². The van der Waals surface area contributed by atoms with Gasteiger partial charge in [0.25, 0.3) is 0 Å². The molecule has 5 nitrogen and oxygen atoms in total. The zero-order chi connectivity index (χ0) is 17.6. The van der Waals surface area contributed by atoms with Crippen LogP contribution in [0.4, 0.5) is 4.79 Å². The van der Waals surface area contributed by atoms with E-state index in [0.717, 1.165) is 38.5 Å². The summed E-state index contributed by atoms with van der Waals surface area (Å²) in [6, 6.07) is 0. The number of hydrogen-bond acceptors (Lipinski definition) is 4. The van der Waals surface area contributed by atoms with Gasteiger partial charge in [-0.2, -0.15) is 0 Å². The van der Waals surface area contributed by atoms with E-state index in [0.29, 0.717) is 6.23 Å². The number of ether oxygens (including phenoxy) is 2. The Morgan fingerprint density at radius 3 is 2.29 bits per heavy atom. The van der Waals surface area contributed by atoms with Crippen molar-refractivity contribution in [2.24, 2.45) is 5.92 Å². The van der Waals surface area contributed by atoms with E-state index >= 15 is 0 Å². The Bertz CT molecular complexity index is 379. The van der Waals surface area contributed by atoms with E-state index in [9.17, 15) is 4.79 Å². The van der Waals surface area contributed by atoms with Gasteiger partial charge in [0.05, 0.1) is 6.61 Å². The molecule has 3 aliphatic heterocycles.